The van der Waals surface area contributed by atoms with Crippen LogP contribution in [0.15, 0.2) is 30.5 Å². The summed E-state index contributed by atoms with van der Waals surface area (Å²) < 4.78 is 0. The molecule has 1 aromatic heterocycles. The van der Waals surface area contributed by atoms with Gasteiger partial charge in [0.1, 0.15) is 0 Å². The number of rotatable bonds is 1. The summed E-state index contributed by atoms with van der Waals surface area (Å²) in [5.41, 5.74) is 2.66. The third-order valence-electron chi connectivity index (χ3n) is 2.69. The highest BCUT2D eigenvalue weighted by Gasteiger charge is 2.19. The monoisotopic (exact) mass is 232 g/mol. The molecule has 0 radical (unpaired) electrons. The van der Waals surface area contributed by atoms with Crippen molar-refractivity contribution < 1.29 is 0 Å². The summed E-state index contributed by atoms with van der Waals surface area (Å²) in [6, 6.07) is 8.36. The number of halogens is 1. The first-order valence-electron chi connectivity index (χ1n) is 5.00. The van der Waals surface area contributed by atoms with E-state index in [4.69, 9.17) is 11.6 Å². The van der Waals surface area contributed by atoms with Crippen LogP contribution in [0.4, 0.5) is 5.82 Å². The maximum atomic E-state index is 5.72. The number of benzene rings is 1. The predicted octanol–water partition coefficient (Wildman–Crippen LogP) is 2.05. The molecule has 5 heteroatoms. The maximum Gasteiger partial charge on any atom is 0.244 e. The van der Waals surface area contributed by atoms with Crippen LogP contribution in [-0.4, -0.2) is 15.2 Å². The average molecular weight is 233 g/mol. The fraction of sp³-hybridized carbons (Fsp3) is 0.182. The lowest BCUT2D eigenvalue weighted by Crippen LogP contribution is -2.16. The van der Waals surface area contributed by atoms with E-state index in [0.717, 1.165) is 18.9 Å². The van der Waals surface area contributed by atoms with Crippen molar-refractivity contribution in [3.8, 4) is 0 Å². The van der Waals surface area contributed by atoms with Crippen molar-refractivity contribution in [2.24, 2.45) is 0 Å². The molecule has 0 atom stereocenters. The summed E-state index contributed by atoms with van der Waals surface area (Å²) in [5, 5.41) is 7.63. The Morgan fingerprint density at radius 3 is 2.44 bits per heavy atom. The first-order valence-corrected chi connectivity index (χ1v) is 5.38. The van der Waals surface area contributed by atoms with Crippen LogP contribution in [0.1, 0.15) is 11.1 Å². The highest BCUT2D eigenvalue weighted by molar-refractivity contribution is 6.28. The summed E-state index contributed by atoms with van der Waals surface area (Å²) in [6.07, 6.45) is 1.64. The highest BCUT2D eigenvalue weighted by Crippen LogP contribution is 2.26. The van der Waals surface area contributed by atoms with Crippen LogP contribution >= 0.6 is 11.6 Å². The summed E-state index contributed by atoms with van der Waals surface area (Å²) in [6.45, 7) is 1.70. The van der Waals surface area contributed by atoms with Gasteiger partial charge in [-0.15, -0.1) is 5.10 Å². The molecule has 0 unspecified atom stereocenters. The molecule has 0 N–H and O–H groups in total. The van der Waals surface area contributed by atoms with Crippen molar-refractivity contribution in [1.82, 2.24) is 15.2 Å². The molecule has 1 aromatic carbocycles. The molecule has 1 aliphatic heterocycles. The van der Waals surface area contributed by atoms with Crippen molar-refractivity contribution in [3.63, 3.8) is 0 Å². The Balaban J connectivity index is 1.91. The number of anilines is 1. The molecule has 0 saturated heterocycles. The quantitative estimate of drug-likeness (QED) is 0.755. The zero-order valence-corrected chi connectivity index (χ0v) is 9.22. The number of fused-ring (bicyclic) bond motifs is 1. The second-order valence-corrected chi connectivity index (χ2v) is 4.05. The van der Waals surface area contributed by atoms with Crippen molar-refractivity contribution in [2.45, 2.75) is 13.1 Å². The SMILES string of the molecule is Clc1nncc(N2Cc3ccccc3C2)n1. The van der Waals surface area contributed by atoms with Crippen molar-refractivity contribution in [2.75, 3.05) is 4.90 Å². The third kappa shape index (κ3) is 1.61. The first-order chi connectivity index (χ1) is 7.83. The van der Waals surface area contributed by atoms with Crippen LogP contribution in [0.2, 0.25) is 5.28 Å². The minimum atomic E-state index is 0.188. The van der Waals surface area contributed by atoms with E-state index in [0.29, 0.717) is 0 Å². The lowest BCUT2D eigenvalue weighted by atomic mass is 10.1. The summed E-state index contributed by atoms with van der Waals surface area (Å²) in [5.74, 6) is 0.774. The Bertz CT molecular complexity index is 504. The van der Waals surface area contributed by atoms with Gasteiger partial charge in [0.25, 0.3) is 0 Å². The minimum absolute atomic E-state index is 0.188. The number of aromatic nitrogens is 3. The number of hydrogen-bond donors (Lipinski definition) is 0. The molecule has 4 nitrogen and oxygen atoms in total. The van der Waals surface area contributed by atoms with Gasteiger partial charge in [-0.3, -0.25) is 0 Å². The van der Waals surface area contributed by atoms with E-state index in [-0.39, 0.29) is 5.28 Å². The molecule has 0 bridgehead atoms. The van der Waals surface area contributed by atoms with E-state index in [1.807, 2.05) is 12.1 Å². The molecular weight excluding hydrogens is 224 g/mol. The van der Waals surface area contributed by atoms with E-state index >= 15 is 0 Å². The van der Waals surface area contributed by atoms with Gasteiger partial charge in [0, 0.05) is 13.1 Å². The smallest absolute Gasteiger partial charge is 0.244 e. The van der Waals surface area contributed by atoms with Gasteiger partial charge in [0.15, 0.2) is 5.82 Å². The van der Waals surface area contributed by atoms with Gasteiger partial charge in [0.05, 0.1) is 6.20 Å². The number of hydrogen-bond acceptors (Lipinski definition) is 4. The standard InChI is InChI=1S/C11H9ClN4/c12-11-14-10(5-13-15-11)16-6-8-3-1-2-4-9(8)7-16/h1-5H,6-7H2. The molecule has 0 spiro atoms. The summed E-state index contributed by atoms with van der Waals surface area (Å²) in [7, 11) is 0. The molecule has 0 fully saturated rings. The van der Waals surface area contributed by atoms with Crippen LogP contribution in [0.25, 0.3) is 0 Å². The molecule has 2 aromatic rings. The van der Waals surface area contributed by atoms with E-state index in [9.17, 15) is 0 Å². The highest BCUT2D eigenvalue weighted by atomic mass is 35.5. The van der Waals surface area contributed by atoms with E-state index in [2.05, 4.69) is 32.2 Å². The molecule has 0 saturated carbocycles. The van der Waals surface area contributed by atoms with Gasteiger partial charge in [-0.05, 0) is 22.7 Å². The van der Waals surface area contributed by atoms with Crippen LogP contribution < -0.4 is 4.90 Å². The predicted molar refractivity (Wildman–Crippen MR) is 61.2 cm³/mol. The summed E-state index contributed by atoms with van der Waals surface area (Å²) in [4.78, 5) is 6.29. The minimum Gasteiger partial charge on any atom is -0.347 e. The topological polar surface area (TPSA) is 41.9 Å². The Kier molecular flexibility index (Phi) is 2.22. The van der Waals surface area contributed by atoms with Gasteiger partial charge in [-0.2, -0.15) is 10.1 Å². The fourth-order valence-corrected chi connectivity index (χ4v) is 2.05. The van der Waals surface area contributed by atoms with Crippen molar-refractivity contribution in [1.29, 1.82) is 0 Å². The Morgan fingerprint density at radius 2 is 1.81 bits per heavy atom. The maximum absolute atomic E-state index is 5.72. The summed E-state index contributed by atoms with van der Waals surface area (Å²) >= 11 is 5.72. The third-order valence-corrected chi connectivity index (χ3v) is 2.85. The molecule has 1 aliphatic rings. The molecule has 0 amide bonds. The molecule has 2 heterocycles. The Labute approximate surface area is 97.9 Å². The van der Waals surface area contributed by atoms with Gasteiger partial charge in [0.2, 0.25) is 5.28 Å². The van der Waals surface area contributed by atoms with Gasteiger partial charge in [-0.25, -0.2) is 0 Å². The largest absolute Gasteiger partial charge is 0.347 e. The fourth-order valence-electron chi connectivity index (χ4n) is 1.92. The lowest BCUT2D eigenvalue weighted by molar-refractivity contribution is 0.830. The van der Waals surface area contributed by atoms with Crippen LogP contribution in [0, 0.1) is 0 Å². The lowest BCUT2D eigenvalue weighted by Gasteiger charge is -2.15. The van der Waals surface area contributed by atoms with Gasteiger partial charge in [-0.1, -0.05) is 24.3 Å². The second kappa shape index (κ2) is 3.72. The van der Waals surface area contributed by atoms with Crippen LogP contribution in [0.5, 0.6) is 0 Å². The van der Waals surface area contributed by atoms with Crippen LogP contribution in [-0.2, 0) is 13.1 Å². The van der Waals surface area contributed by atoms with Gasteiger partial charge >= 0.3 is 0 Å². The normalized spacial score (nSPS) is 13.9. The zero-order chi connectivity index (χ0) is 11.0. The molecule has 0 aliphatic carbocycles. The molecular formula is C11H9ClN4. The van der Waals surface area contributed by atoms with Crippen LogP contribution in [0.3, 0.4) is 0 Å². The van der Waals surface area contributed by atoms with E-state index < -0.39 is 0 Å². The molecule has 3 rings (SSSR count). The number of nitrogens with zero attached hydrogens (tertiary/aromatic N) is 4. The second-order valence-electron chi connectivity index (χ2n) is 3.71. The van der Waals surface area contributed by atoms with E-state index in [1.165, 1.54) is 11.1 Å². The Hall–Kier alpha value is -1.68. The zero-order valence-electron chi connectivity index (χ0n) is 8.47. The van der Waals surface area contributed by atoms with Crippen molar-refractivity contribution >= 4 is 17.4 Å². The van der Waals surface area contributed by atoms with Gasteiger partial charge < -0.3 is 4.90 Å². The molecule has 80 valence electrons. The first kappa shape index (κ1) is 9.54. The average Bonchev–Trinajstić information content (AvgIpc) is 2.72. The van der Waals surface area contributed by atoms with E-state index in [1.54, 1.807) is 6.20 Å². The van der Waals surface area contributed by atoms with Crippen molar-refractivity contribution in [3.05, 3.63) is 46.9 Å². The molecule has 16 heavy (non-hydrogen) atoms. The Morgan fingerprint density at radius 1 is 1.12 bits per heavy atom.